The van der Waals surface area contributed by atoms with E-state index in [0.717, 1.165) is 17.8 Å². The highest BCUT2D eigenvalue weighted by Gasteiger charge is 2.36. The van der Waals surface area contributed by atoms with Crippen molar-refractivity contribution in [3.05, 3.63) is 12.2 Å². The summed E-state index contributed by atoms with van der Waals surface area (Å²) in [4.78, 5) is 2.70. The first-order valence-corrected chi connectivity index (χ1v) is 6.00. The molecule has 2 unspecified atom stereocenters. The van der Waals surface area contributed by atoms with Gasteiger partial charge in [-0.1, -0.05) is 12.2 Å². The third-order valence-electron chi connectivity index (χ3n) is 4.09. The van der Waals surface area contributed by atoms with E-state index >= 15 is 0 Å². The molecule has 0 spiro atoms. The van der Waals surface area contributed by atoms with E-state index < -0.39 is 0 Å². The van der Waals surface area contributed by atoms with Gasteiger partial charge in [0.25, 0.3) is 0 Å². The maximum atomic E-state index is 3.50. The third kappa shape index (κ3) is 1.61. The van der Waals surface area contributed by atoms with Crippen molar-refractivity contribution in [3.63, 3.8) is 0 Å². The van der Waals surface area contributed by atoms with Crippen LogP contribution < -0.4 is 5.32 Å². The van der Waals surface area contributed by atoms with Crippen LogP contribution >= 0.6 is 0 Å². The normalized spacial score (nSPS) is 38.3. The molecular formula is C12H20N2. The maximum absolute atomic E-state index is 3.50. The fourth-order valence-corrected chi connectivity index (χ4v) is 3.29. The minimum Gasteiger partial charge on any atom is -0.316 e. The van der Waals surface area contributed by atoms with E-state index in [4.69, 9.17) is 0 Å². The highest BCUT2D eigenvalue weighted by atomic mass is 15.2. The molecule has 2 saturated heterocycles. The average Bonchev–Trinajstić information content (AvgIpc) is 2.78. The van der Waals surface area contributed by atoms with E-state index in [1.807, 2.05) is 0 Å². The van der Waals surface area contributed by atoms with Crippen molar-refractivity contribution in [2.75, 3.05) is 32.7 Å². The fraction of sp³-hybridized carbons (Fsp3) is 0.833. The standard InChI is InChI=1S/C12H20N2/c1-2-4-10(3-1)7-14-8-11-5-13-6-12(11)9-14/h1-2,10-13H,3-9H2. The number of fused-ring (bicyclic) bond motifs is 1. The van der Waals surface area contributed by atoms with Crippen LogP contribution in [0.25, 0.3) is 0 Å². The molecule has 2 heteroatoms. The van der Waals surface area contributed by atoms with Crippen LogP contribution in [-0.4, -0.2) is 37.6 Å². The Kier molecular flexibility index (Phi) is 2.34. The Bertz CT molecular complexity index is 216. The van der Waals surface area contributed by atoms with Gasteiger partial charge >= 0.3 is 0 Å². The van der Waals surface area contributed by atoms with E-state index in [2.05, 4.69) is 22.4 Å². The molecule has 14 heavy (non-hydrogen) atoms. The van der Waals surface area contributed by atoms with E-state index in [1.165, 1.54) is 45.6 Å². The molecular weight excluding hydrogens is 172 g/mol. The molecule has 0 bridgehead atoms. The molecule has 0 aromatic rings. The van der Waals surface area contributed by atoms with Gasteiger partial charge in [0.1, 0.15) is 0 Å². The summed E-state index contributed by atoms with van der Waals surface area (Å²) in [6.07, 6.45) is 7.35. The molecule has 2 aliphatic heterocycles. The predicted molar refractivity (Wildman–Crippen MR) is 58.2 cm³/mol. The second-order valence-corrected chi connectivity index (χ2v) is 5.21. The van der Waals surface area contributed by atoms with Crippen LogP contribution in [0.2, 0.25) is 0 Å². The molecule has 0 aromatic carbocycles. The lowest BCUT2D eigenvalue weighted by molar-refractivity contribution is 0.266. The first kappa shape index (κ1) is 8.93. The number of nitrogens with one attached hydrogen (secondary N) is 1. The van der Waals surface area contributed by atoms with E-state index in [9.17, 15) is 0 Å². The first-order chi connectivity index (χ1) is 6.92. The first-order valence-electron chi connectivity index (χ1n) is 6.00. The van der Waals surface area contributed by atoms with Gasteiger partial charge in [0, 0.05) is 19.6 Å². The van der Waals surface area contributed by atoms with Crippen molar-refractivity contribution in [2.45, 2.75) is 12.8 Å². The second kappa shape index (κ2) is 3.67. The van der Waals surface area contributed by atoms with Gasteiger partial charge in [0.05, 0.1) is 0 Å². The summed E-state index contributed by atoms with van der Waals surface area (Å²) in [6.45, 7) is 6.59. The Labute approximate surface area is 86.4 Å². The van der Waals surface area contributed by atoms with Crippen LogP contribution in [0.4, 0.5) is 0 Å². The van der Waals surface area contributed by atoms with Gasteiger partial charge < -0.3 is 10.2 Å². The van der Waals surface area contributed by atoms with E-state index in [-0.39, 0.29) is 0 Å². The van der Waals surface area contributed by atoms with Gasteiger partial charge in [-0.05, 0) is 43.7 Å². The quantitative estimate of drug-likeness (QED) is 0.659. The lowest BCUT2D eigenvalue weighted by Crippen LogP contribution is -2.29. The Hall–Kier alpha value is -0.340. The molecule has 78 valence electrons. The minimum atomic E-state index is 0.932. The van der Waals surface area contributed by atoms with E-state index in [1.54, 1.807) is 0 Å². The molecule has 2 heterocycles. The van der Waals surface area contributed by atoms with Crippen LogP contribution in [0.3, 0.4) is 0 Å². The summed E-state index contributed by atoms with van der Waals surface area (Å²) in [5.74, 6) is 2.86. The molecule has 1 N–H and O–H groups in total. The monoisotopic (exact) mass is 192 g/mol. The SMILES string of the molecule is C1=CCC(CN2CC3CNCC3C2)C1. The zero-order chi connectivity index (χ0) is 9.38. The number of allylic oxidation sites excluding steroid dienone is 2. The highest BCUT2D eigenvalue weighted by Crippen LogP contribution is 2.28. The number of likely N-dealkylation sites (tertiary alicyclic amines) is 1. The Morgan fingerprint density at radius 3 is 2.36 bits per heavy atom. The predicted octanol–water partition coefficient (Wildman–Crippen LogP) is 1.10. The van der Waals surface area contributed by atoms with Gasteiger partial charge in [-0.3, -0.25) is 0 Å². The molecule has 0 aromatic heterocycles. The maximum Gasteiger partial charge on any atom is 0.00257 e. The molecule has 2 atom stereocenters. The average molecular weight is 192 g/mol. The Balaban J connectivity index is 1.51. The highest BCUT2D eigenvalue weighted by molar-refractivity contribution is 4.97. The zero-order valence-electron chi connectivity index (χ0n) is 8.78. The van der Waals surface area contributed by atoms with Gasteiger partial charge in [-0.15, -0.1) is 0 Å². The molecule has 0 amide bonds. The summed E-state index contributed by atoms with van der Waals surface area (Å²) in [6, 6.07) is 0. The minimum absolute atomic E-state index is 0.932. The number of nitrogens with zero attached hydrogens (tertiary/aromatic N) is 1. The van der Waals surface area contributed by atoms with Crippen LogP contribution in [0.5, 0.6) is 0 Å². The van der Waals surface area contributed by atoms with Crippen molar-refractivity contribution in [3.8, 4) is 0 Å². The summed E-state index contributed by atoms with van der Waals surface area (Å²) in [7, 11) is 0. The number of hydrogen-bond acceptors (Lipinski definition) is 2. The topological polar surface area (TPSA) is 15.3 Å². The zero-order valence-corrected chi connectivity index (χ0v) is 8.78. The molecule has 2 nitrogen and oxygen atoms in total. The number of rotatable bonds is 2. The van der Waals surface area contributed by atoms with Crippen molar-refractivity contribution in [2.24, 2.45) is 17.8 Å². The van der Waals surface area contributed by atoms with Gasteiger partial charge in [-0.2, -0.15) is 0 Å². The molecule has 0 saturated carbocycles. The van der Waals surface area contributed by atoms with Gasteiger partial charge in [0.2, 0.25) is 0 Å². The molecule has 3 rings (SSSR count). The molecule has 3 aliphatic rings. The lowest BCUT2D eigenvalue weighted by atomic mass is 10.0. The van der Waals surface area contributed by atoms with Crippen molar-refractivity contribution in [1.29, 1.82) is 0 Å². The lowest BCUT2D eigenvalue weighted by Gasteiger charge is -2.20. The molecule has 2 fully saturated rings. The Morgan fingerprint density at radius 2 is 1.71 bits per heavy atom. The van der Waals surface area contributed by atoms with E-state index in [0.29, 0.717) is 0 Å². The van der Waals surface area contributed by atoms with Crippen molar-refractivity contribution in [1.82, 2.24) is 10.2 Å². The summed E-state index contributed by atoms with van der Waals surface area (Å²) in [5, 5.41) is 3.50. The summed E-state index contributed by atoms with van der Waals surface area (Å²) < 4.78 is 0. The van der Waals surface area contributed by atoms with Crippen LogP contribution in [0, 0.1) is 17.8 Å². The molecule has 1 aliphatic carbocycles. The summed E-state index contributed by atoms with van der Waals surface area (Å²) in [5.41, 5.74) is 0. The van der Waals surface area contributed by atoms with Crippen molar-refractivity contribution >= 4 is 0 Å². The van der Waals surface area contributed by atoms with Gasteiger partial charge in [0.15, 0.2) is 0 Å². The molecule has 0 radical (unpaired) electrons. The largest absolute Gasteiger partial charge is 0.316 e. The van der Waals surface area contributed by atoms with Crippen LogP contribution in [0.15, 0.2) is 12.2 Å². The van der Waals surface area contributed by atoms with Gasteiger partial charge in [-0.25, -0.2) is 0 Å². The number of hydrogen-bond donors (Lipinski definition) is 1. The van der Waals surface area contributed by atoms with Crippen LogP contribution in [0.1, 0.15) is 12.8 Å². The fourth-order valence-electron chi connectivity index (χ4n) is 3.29. The Morgan fingerprint density at radius 1 is 1.07 bits per heavy atom. The summed E-state index contributed by atoms with van der Waals surface area (Å²) >= 11 is 0. The third-order valence-corrected chi connectivity index (χ3v) is 4.09. The second-order valence-electron chi connectivity index (χ2n) is 5.21. The smallest absolute Gasteiger partial charge is 0.00257 e. The van der Waals surface area contributed by atoms with Crippen LogP contribution in [-0.2, 0) is 0 Å². The van der Waals surface area contributed by atoms with Crippen molar-refractivity contribution < 1.29 is 0 Å².